The topological polar surface area (TPSA) is 61.8 Å². The molecule has 1 heterocycles. The number of unbranched alkanes of at least 4 members (excludes halogenated alkanes) is 1. The fourth-order valence-corrected chi connectivity index (χ4v) is 3.61. The Hall–Kier alpha value is -1.36. The van der Waals surface area contributed by atoms with Crippen LogP contribution in [0.25, 0.3) is 0 Å². The predicted molar refractivity (Wildman–Crippen MR) is 97.0 cm³/mol. The van der Waals surface area contributed by atoms with Gasteiger partial charge in [0.25, 0.3) is 0 Å². The van der Waals surface area contributed by atoms with Crippen LogP contribution in [-0.2, 0) is 23.8 Å². The Morgan fingerprint density at radius 2 is 1.96 bits per heavy atom. The number of hydrogen-bond acceptors (Lipinski definition) is 5. The fraction of sp³-hybridized carbons (Fsp3) is 0.800. The third-order valence-electron chi connectivity index (χ3n) is 4.84. The molecule has 1 aliphatic rings. The van der Waals surface area contributed by atoms with Gasteiger partial charge in [0.1, 0.15) is 12.0 Å². The van der Waals surface area contributed by atoms with Gasteiger partial charge >= 0.3 is 11.9 Å². The van der Waals surface area contributed by atoms with Crippen LogP contribution in [0, 0.1) is 17.8 Å². The predicted octanol–water partition coefficient (Wildman–Crippen LogP) is 3.91. The van der Waals surface area contributed by atoms with E-state index < -0.39 is 0 Å². The van der Waals surface area contributed by atoms with E-state index in [2.05, 4.69) is 18.6 Å². The molecule has 0 aliphatic carbocycles. The van der Waals surface area contributed by atoms with Crippen LogP contribution in [0.1, 0.15) is 59.3 Å². The van der Waals surface area contributed by atoms with Gasteiger partial charge in [-0.3, -0.25) is 4.79 Å². The lowest BCUT2D eigenvalue weighted by Crippen LogP contribution is -2.47. The van der Waals surface area contributed by atoms with Crippen molar-refractivity contribution in [1.82, 2.24) is 0 Å². The average molecular weight is 354 g/mol. The lowest BCUT2D eigenvalue weighted by molar-refractivity contribution is -0.190. The van der Waals surface area contributed by atoms with Gasteiger partial charge in [0.2, 0.25) is 0 Å². The zero-order valence-corrected chi connectivity index (χ0v) is 16.4. The molecule has 0 radical (unpaired) electrons. The van der Waals surface area contributed by atoms with E-state index in [1.807, 2.05) is 6.92 Å². The highest BCUT2D eigenvalue weighted by atomic mass is 16.6. The summed E-state index contributed by atoms with van der Waals surface area (Å²) < 4.78 is 14.9. The van der Waals surface area contributed by atoms with Crippen LogP contribution < -0.4 is 0 Å². The second-order valence-electron chi connectivity index (χ2n) is 7.49. The highest BCUT2D eigenvalue weighted by molar-refractivity contribution is 5.82. The summed E-state index contributed by atoms with van der Waals surface area (Å²) in [5.41, 5.74) is 1.07. The maximum Gasteiger partial charge on any atom is 0.330 e. The molecule has 25 heavy (non-hydrogen) atoms. The van der Waals surface area contributed by atoms with E-state index in [0.29, 0.717) is 18.4 Å². The average Bonchev–Trinajstić information content (AvgIpc) is 2.54. The molecule has 0 aromatic carbocycles. The number of ether oxygens (including phenoxy) is 3. The van der Waals surface area contributed by atoms with Crippen molar-refractivity contribution in [3.8, 4) is 0 Å². The Balaban J connectivity index is 2.16. The second-order valence-corrected chi connectivity index (χ2v) is 7.49. The van der Waals surface area contributed by atoms with E-state index in [1.165, 1.54) is 13.5 Å². The lowest BCUT2D eigenvalue weighted by Gasteiger charge is -2.34. The van der Waals surface area contributed by atoms with Gasteiger partial charge in [-0.2, -0.15) is 0 Å². The van der Waals surface area contributed by atoms with E-state index >= 15 is 0 Å². The quantitative estimate of drug-likeness (QED) is 0.302. The van der Waals surface area contributed by atoms with Crippen molar-refractivity contribution >= 4 is 11.9 Å². The first-order valence-electron chi connectivity index (χ1n) is 9.31. The molecule has 1 saturated heterocycles. The van der Waals surface area contributed by atoms with Crippen LogP contribution in [0.3, 0.4) is 0 Å². The highest BCUT2D eigenvalue weighted by Gasteiger charge is 2.41. The Morgan fingerprint density at radius 1 is 1.24 bits per heavy atom. The molecule has 0 aromatic rings. The Kier molecular flexibility index (Phi) is 9.79. The molecule has 144 valence electrons. The number of rotatable bonds is 12. The molecule has 0 spiro atoms. The van der Waals surface area contributed by atoms with Crippen LogP contribution in [0.15, 0.2) is 11.6 Å². The van der Waals surface area contributed by atoms with E-state index in [-0.39, 0.29) is 24.0 Å². The summed E-state index contributed by atoms with van der Waals surface area (Å²) in [5.74, 6) is 0.742. The van der Waals surface area contributed by atoms with Crippen molar-refractivity contribution in [2.45, 2.75) is 65.4 Å². The maximum absolute atomic E-state index is 11.3. The van der Waals surface area contributed by atoms with Crippen LogP contribution in [0.2, 0.25) is 0 Å². The molecule has 1 fully saturated rings. The maximum atomic E-state index is 11.3. The van der Waals surface area contributed by atoms with Gasteiger partial charge in [0, 0.05) is 13.2 Å². The molecule has 5 heteroatoms. The van der Waals surface area contributed by atoms with E-state index in [1.54, 1.807) is 13.2 Å². The number of esters is 2. The molecule has 4 unspecified atom stereocenters. The zero-order chi connectivity index (χ0) is 18.8. The SMILES string of the molecule is COCC1C(=O)OC1CCCCC(C)CC(C)C/C(C)=C/C(=O)OC. The normalized spacial score (nSPS) is 22.8. The molecule has 0 amide bonds. The van der Waals surface area contributed by atoms with E-state index in [0.717, 1.165) is 37.7 Å². The standard InChI is InChI=1S/C20H34O5/c1-14(10-15(2)11-16(3)12-19(21)24-5)8-6-7-9-18-17(13-23-4)20(22)25-18/h12,14-15,17-18H,6-11,13H2,1-5H3/b16-12+. The van der Waals surface area contributed by atoms with Gasteiger partial charge in [0.05, 0.1) is 13.7 Å². The smallest absolute Gasteiger partial charge is 0.330 e. The molecule has 0 bridgehead atoms. The lowest BCUT2D eigenvalue weighted by atomic mass is 9.88. The van der Waals surface area contributed by atoms with Crippen molar-refractivity contribution in [3.05, 3.63) is 11.6 Å². The number of carbonyl (C=O) groups is 2. The Bertz CT molecular complexity index is 457. The first-order valence-corrected chi connectivity index (χ1v) is 9.31. The Labute approximate surface area is 152 Å². The van der Waals surface area contributed by atoms with Crippen LogP contribution >= 0.6 is 0 Å². The van der Waals surface area contributed by atoms with Gasteiger partial charge < -0.3 is 14.2 Å². The molecule has 1 rings (SSSR count). The summed E-state index contributed by atoms with van der Waals surface area (Å²) in [6.07, 6.45) is 8.05. The first-order chi connectivity index (χ1) is 11.9. The number of allylic oxidation sites excluding steroid dienone is 1. The summed E-state index contributed by atoms with van der Waals surface area (Å²) in [6.45, 7) is 6.96. The number of carbonyl (C=O) groups excluding carboxylic acids is 2. The Morgan fingerprint density at radius 3 is 2.56 bits per heavy atom. The van der Waals surface area contributed by atoms with Crippen molar-refractivity contribution in [1.29, 1.82) is 0 Å². The number of hydrogen-bond donors (Lipinski definition) is 0. The van der Waals surface area contributed by atoms with Crippen LogP contribution in [0.5, 0.6) is 0 Å². The molecular formula is C20H34O5. The van der Waals surface area contributed by atoms with Crippen molar-refractivity contribution in [3.63, 3.8) is 0 Å². The van der Waals surface area contributed by atoms with Gasteiger partial charge in [-0.15, -0.1) is 0 Å². The van der Waals surface area contributed by atoms with Crippen molar-refractivity contribution in [2.24, 2.45) is 17.8 Å². The van der Waals surface area contributed by atoms with Gasteiger partial charge in [0.15, 0.2) is 0 Å². The highest BCUT2D eigenvalue weighted by Crippen LogP contribution is 2.28. The largest absolute Gasteiger partial charge is 0.466 e. The molecule has 4 atom stereocenters. The summed E-state index contributed by atoms with van der Waals surface area (Å²) in [4.78, 5) is 22.6. The molecular weight excluding hydrogens is 320 g/mol. The minimum absolute atomic E-state index is 0.0489. The fourth-order valence-electron chi connectivity index (χ4n) is 3.61. The summed E-state index contributed by atoms with van der Waals surface area (Å²) in [7, 11) is 3.02. The number of methoxy groups -OCH3 is 2. The summed E-state index contributed by atoms with van der Waals surface area (Å²) in [6, 6.07) is 0. The van der Waals surface area contributed by atoms with Crippen molar-refractivity contribution < 1.29 is 23.8 Å². The zero-order valence-electron chi connectivity index (χ0n) is 16.4. The summed E-state index contributed by atoms with van der Waals surface area (Å²) >= 11 is 0. The van der Waals surface area contributed by atoms with Crippen LogP contribution in [-0.4, -0.2) is 38.9 Å². The van der Waals surface area contributed by atoms with E-state index in [4.69, 9.17) is 9.47 Å². The first kappa shape index (κ1) is 21.7. The summed E-state index contributed by atoms with van der Waals surface area (Å²) in [5, 5.41) is 0. The van der Waals surface area contributed by atoms with Gasteiger partial charge in [-0.25, -0.2) is 4.79 Å². The third kappa shape index (κ3) is 8.04. The monoisotopic (exact) mass is 354 g/mol. The molecule has 0 aromatic heterocycles. The third-order valence-corrected chi connectivity index (χ3v) is 4.84. The molecule has 0 saturated carbocycles. The van der Waals surface area contributed by atoms with Gasteiger partial charge in [-0.1, -0.05) is 32.3 Å². The van der Waals surface area contributed by atoms with Gasteiger partial charge in [-0.05, 0) is 44.4 Å². The second kappa shape index (κ2) is 11.3. The number of cyclic esters (lactones) is 1. The molecule has 5 nitrogen and oxygen atoms in total. The van der Waals surface area contributed by atoms with Crippen LogP contribution in [0.4, 0.5) is 0 Å². The van der Waals surface area contributed by atoms with Crippen molar-refractivity contribution in [2.75, 3.05) is 20.8 Å². The minimum atomic E-state index is -0.277. The van der Waals surface area contributed by atoms with E-state index in [9.17, 15) is 9.59 Å². The molecule has 1 aliphatic heterocycles. The minimum Gasteiger partial charge on any atom is -0.466 e. The molecule has 0 N–H and O–H groups in total.